The summed E-state index contributed by atoms with van der Waals surface area (Å²) in [5.41, 5.74) is 1.21. The highest BCUT2D eigenvalue weighted by Gasteiger charge is 2.15. The first kappa shape index (κ1) is 10.6. The molecule has 1 aliphatic heterocycles. The molecule has 1 fully saturated rings. The van der Waals surface area contributed by atoms with Gasteiger partial charge in [0, 0.05) is 0 Å². The van der Waals surface area contributed by atoms with Gasteiger partial charge in [0.1, 0.15) is 0 Å². The predicted octanol–water partition coefficient (Wildman–Crippen LogP) is 3.72. The topological polar surface area (TPSA) is 12.0 Å². The lowest BCUT2D eigenvalue weighted by atomic mass is 10.2. The van der Waals surface area contributed by atoms with E-state index >= 15 is 0 Å². The molecule has 1 atom stereocenters. The van der Waals surface area contributed by atoms with Crippen LogP contribution in [0.1, 0.15) is 17.4 Å². The molecule has 0 radical (unpaired) electrons. The van der Waals surface area contributed by atoms with Gasteiger partial charge in [0.15, 0.2) is 0 Å². The highest BCUT2D eigenvalue weighted by atomic mass is 35.5. The zero-order chi connectivity index (χ0) is 9.97. The van der Waals surface area contributed by atoms with Crippen LogP contribution in [0.25, 0.3) is 0 Å². The van der Waals surface area contributed by atoms with E-state index < -0.39 is 0 Å². The fourth-order valence-corrected chi connectivity index (χ4v) is 2.88. The summed E-state index contributed by atoms with van der Waals surface area (Å²) < 4.78 is 0. The lowest BCUT2D eigenvalue weighted by Gasteiger charge is -2.23. The van der Waals surface area contributed by atoms with E-state index in [1.165, 1.54) is 17.7 Å². The van der Waals surface area contributed by atoms with Crippen molar-refractivity contribution in [3.8, 4) is 0 Å². The maximum absolute atomic E-state index is 5.96. The summed E-state index contributed by atoms with van der Waals surface area (Å²) >= 11 is 13.7. The number of nitrogens with one attached hydrogen (secondary N) is 1. The second kappa shape index (κ2) is 4.75. The van der Waals surface area contributed by atoms with E-state index in [2.05, 4.69) is 5.32 Å². The maximum atomic E-state index is 5.96. The Kier molecular flexibility index (Phi) is 3.61. The third-order valence-corrected chi connectivity index (χ3v) is 4.22. The summed E-state index contributed by atoms with van der Waals surface area (Å²) in [6, 6.07) is 5.83. The molecule has 1 aromatic rings. The van der Waals surface area contributed by atoms with Crippen molar-refractivity contribution in [3.63, 3.8) is 0 Å². The standard InChI is InChI=1S/C10H11Cl2NS/c11-8-3-2-7(6-9(8)12)10-13-4-1-5-14-10/h2-3,6,10,13H,1,4-5H2. The third kappa shape index (κ3) is 2.37. The molecular weight excluding hydrogens is 237 g/mol. The van der Waals surface area contributed by atoms with E-state index in [-0.39, 0.29) is 0 Å². The molecule has 76 valence electrons. The van der Waals surface area contributed by atoms with Gasteiger partial charge in [-0.1, -0.05) is 29.3 Å². The summed E-state index contributed by atoms with van der Waals surface area (Å²) in [4.78, 5) is 0. The van der Waals surface area contributed by atoms with Crippen LogP contribution < -0.4 is 5.32 Å². The molecule has 14 heavy (non-hydrogen) atoms. The lowest BCUT2D eigenvalue weighted by Crippen LogP contribution is -2.25. The van der Waals surface area contributed by atoms with Crippen LogP contribution in [0.15, 0.2) is 18.2 Å². The van der Waals surface area contributed by atoms with Crippen molar-refractivity contribution in [1.29, 1.82) is 0 Å². The molecule has 1 nitrogen and oxygen atoms in total. The van der Waals surface area contributed by atoms with Crippen LogP contribution in [0.3, 0.4) is 0 Å². The average Bonchev–Trinajstić information content (AvgIpc) is 2.23. The summed E-state index contributed by atoms with van der Waals surface area (Å²) in [7, 11) is 0. The Morgan fingerprint density at radius 1 is 1.29 bits per heavy atom. The Bertz CT molecular complexity index is 324. The summed E-state index contributed by atoms with van der Waals surface area (Å²) in [5.74, 6) is 1.21. The number of halogens is 2. The molecule has 4 heteroatoms. The second-order valence-corrected chi connectivity index (χ2v) is 5.26. The van der Waals surface area contributed by atoms with Crippen molar-refractivity contribution in [2.75, 3.05) is 12.3 Å². The highest BCUT2D eigenvalue weighted by molar-refractivity contribution is 7.99. The summed E-state index contributed by atoms with van der Waals surface area (Å²) in [5, 5.41) is 5.07. The van der Waals surface area contributed by atoms with Gasteiger partial charge in [0.05, 0.1) is 15.4 Å². The molecule has 1 heterocycles. The van der Waals surface area contributed by atoms with Crippen LogP contribution in [0, 0.1) is 0 Å². The van der Waals surface area contributed by atoms with Crippen LogP contribution in [0.5, 0.6) is 0 Å². The van der Waals surface area contributed by atoms with Crippen molar-refractivity contribution in [2.24, 2.45) is 0 Å². The van der Waals surface area contributed by atoms with Crippen molar-refractivity contribution < 1.29 is 0 Å². The van der Waals surface area contributed by atoms with Crippen molar-refractivity contribution in [2.45, 2.75) is 11.8 Å². The Morgan fingerprint density at radius 3 is 2.79 bits per heavy atom. The first-order chi connectivity index (χ1) is 6.77. The van der Waals surface area contributed by atoms with E-state index in [4.69, 9.17) is 23.2 Å². The van der Waals surface area contributed by atoms with E-state index in [0.29, 0.717) is 15.4 Å². The second-order valence-electron chi connectivity index (χ2n) is 3.23. The van der Waals surface area contributed by atoms with E-state index in [1.807, 2.05) is 30.0 Å². The highest BCUT2D eigenvalue weighted by Crippen LogP contribution is 2.32. The van der Waals surface area contributed by atoms with E-state index in [9.17, 15) is 0 Å². The number of thioether (sulfide) groups is 1. The van der Waals surface area contributed by atoms with Gasteiger partial charge in [-0.05, 0) is 36.4 Å². The molecular formula is C10H11Cl2NS. The SMILES string of the molecule is Clc1ccc(C2NCCCS2)cc1Cl. The van der Waals surface area contributed by atoms with Gasteiger partial charge < -0.3 is 5.32 Å². The Balaban J connectivity index is 2.18. The Morgan fingerprint density at radius 2 is 2.14 bits per heavy atom. The van der Waals surface area contributed by atoms with Gasteiger partial charge in [-0.15, -0.1) is 11.8 Å². The molecule has 0 aliphatic carbocycles. The van der Waals surface area contributed by atoms with Crippen molar-refractivity contribution in [1.82, 2.24) is 5.32 Å². The van der Waals surface area contributed by atoms with Gasteiger partial charge in [0.2, 0.25) is 0 Å². The van der Waals surface area contributed by atoms with Crippen LogP contribution >= 0.6 is 35.0 Å². The zero-order valence-electron chi connectivity index (χ0n) is 7.59. The van der Waals surface area contributed by atoms with Gasteiger partial charge in [0.25, 0.3) is 0 Å². The zero-order valence-corrected chi connectivity index (χ0v) is 9.92. The molecule has 1 aromatic carbocycles. The molecule has 0 saturated carbocycles. The first-order valence-electron chi connectivity index (χ1n) is 4.57. The van der Waals surface area contributed by atoms with E-state index in [1.54, 1.807) is 0 Å². The van der Waals surface area contributed by atoms with Gasteiger partial charge in [-0.3, -0.25) is 0 Å². The monoisotopic (exact) mass is 247 g/mol. The molecule has 0 amide bonds. The third-order valence-electron chi connectivity index (χ3n) is 2.18. The van der Waals surface area contributed by atoms with Gasteiger partial charge in [-0.25, -0.2) is 0 Å². The molecule has 0 aromatic heterocycles. The lowest BCUT2D eigenvalue weighted by molar-refractivity contribution is 0.643. The van der Waals surface area contributed by atoms with Gasteiger partial charge in [-0.2, -0.15) is 0 Å². The summed E-state index contributed by atoms with van der Waals surface area (Å²) in [6.07, 6.45) is 1.24. The maximum Gasteiger partial charge on any atom is 0.0789 e. The minimum Gasteiger partial charge on any atom is -0.302 e. The molecule has 1 saturated heterocycles. The average molecular weight is 248 g/mol. The molecule has 2 rings (SSSR count). The van der Waals surface area contributed by atoms with Gasteiger partial charge >= 0.3 is 0 Å². The van der Waals surface area contributed by atoms with Crippen LogP contribution in [0.2, 0.25) is 10.0 Å². The Labute approximate surface area is 98.2 Å². The molecule has 1 unspecified atom stereocenters. The van der Waals surface area contributed by atoms with Crippen LogP contribution in [-0.2, 0) is 0 Å². The summed E-state index contributed by atoms with van der Waals surface area (Å²) in [6.45, 7) is 1.08. The van der Waals surface area contributed by atoms with E-state index in [0.717, 1.165) is 6.54 Å². The van der Waals surface area contributed by atoms with Crippen molar-refractivity contribution >= 4 is 35.0 Å². The Hall–Kier alpha value is 0.110. The molecule has 0 spiro atoms. The number of rotatable bonds is 1. The quantitative estimate of drug-likeness (QED) is 0.812. The fraction of sp³-hybridized carbons (Fsp3) is 0.400. The normalized spacial score (nSPS) is 22.3. The minimum atomic E-state index is 0.374. The number of hydrogen-bond acceptors (Lipinski definition) is 2. The number of hydrogen-bond donors (Lipinski definition) is 1. The minimum absolute atomic E-state index is 0.374. The van der Waals surface area contributed by atoms with Crippen LogP contribution in [0.4, 0.5) is 0 Å². The molecule has 1 N–H and O–H groups in total. The first-order valence-corrected chi connectivity index (χ1v) is 6.38. The van der Waals surface area contributed by atoms with Crippen LogP contribution in [-0.4, -0.2) is 12.3 Å². The van der Waals surface area contributed by atoms with Crippen molar-refractivity contribution in [3.05, 3.63) is 33.8 Å². The predicted molar refractivity (Wildman–Crippen MR) is 64.3 cm³/mol. The smallest absolute Gasteiger partial charge is 0.0789 e. The largest absolute Gasteiger partial charge is 0.302 e. The fourth-order valence-electron chi connectivity index (χ4n) is 1.45. The molecule has 0 bridgehead atoms. The molecule has 1 aliphatic rings. The number of benzene rings is 1.